The lowest BCUT2D eigenvalue weighted by molar-refractivity contribution is 0.146. The average Bonchev–Trinajstić information content (AvgIpc) is 2.67. The van der Waals surface area contributed by atoms with Gasteiger partial charge in [0.05, 0.1) is 6.04 Å². The summed E-state index contributed by atoms with van der Waals surface area (Å²) in [6.45, 7) is 6.50. The van der Waals surface area contributed by atoms with Crippen molar-refractivity contribution < 1.29 is 0 Å². The molecule has 1 saturated heterocycles. The first-order chi connectivity index (χ1) is 6.72. The third kappa shape index (κ3) is 1.91. The van der Waals surface area contributed by atoms with Gasteiger partial charge in [-0.15, -0.1) is 0 Å². The van der Waals surface area contributed by atoms with Crippen LogP contribution in [0.4, 0.5) is 0 Å². The molecule has 0 radical (unpaired) electrons. The molecule has 2 aliphatic heterocycles. The average molecular weight is 214 g/mol. The Morgan fingerprint density at radius 2 is 2.21 bits per heavy atom. The number of thioether (sulfide) groups is 1. The molecular weight excluding hydrogens is 196 g/mol. The maximum atomic E-state index is 6.26. The number of hydrogen-bond donors (Lipinski definition) is 3. The first-order valence-electron chi connectivity index (χ1n) is 5.06. The third-order valence-corrected chi connectivity index (χ3v) is 4.08. The zero-order valence-corrected chi connectivity index (χ0v) is 9.31. The van der Waals surface area contributed by atoms with Gasteiger partial charge in [0.1, 0.15) is 0 Å². The van der Waals surface area contributed by atoms with E-state index in [0.717, 1.165) is 26.2 Å². The Balaban J connectivity index is 1.95. The van der Waals surface area contributed by atoms with E-state index < -0.39 is 0 Å². The Bertz CT molecular complexity index is 217. The molecule has 4 N–H and O–H groups in total. The first-order valence-corrected chi connectivity index (χ1v) is 5.94. The standard InChI is InChI=1S/C9H18N4S/c1-8(9(10)12-4-7-14-9)13-5-2-11-3-6-13/h4,7-8,11-12H,2-3,5-6,10H2,1H3. The van der Waals surface area contributed by atoms with Gasteiger partial charge in [0.25, 0.3) is 0 Å². The molecule has 0 aromatic rings. The van der Waals surface area contributed by atoms with Gasteiger partial charge in [-0.05, 0) is 12.3 Å². The maximum Gasteiger partial charge on any atom is 0.153 e. The molecule has 1 fully saturated rings. The van der Waals surface area contributed by atoms with Gasteiger partial charge in [-0.1, -0.05) is 11.8 Å². The zero-order chi connectivity index (χ0) is 10.0. The summed E-state index contributed by atoms with van der Waals surface area (Å²) in [6, 6.07) is 0.351. The molecule has 0 bridgehead atoms. The first kappa shape index (κ1) is 10.3. The fraction of sp³-hybridized carbons (Fsp3) is 0.778. The predicted molar refractivity (Wildman–Crippen MR) is 60.7 cm³/mol. The van der Waals surface area contributed by atoms with Gasteiger partial charge >= 0.3 is 0 Å². The fourth-order valence-electron chi connectivity index (χ4n) is 1.90. The Morgan fingerprint density at radius 3 is 2.79 bits per heavy atom. The highest BCUT2D eigenvalue weighted by Gasteiger charge is 2.37. The van der Waals surface area contributed by atoms with E-state index in [1.165, 1.54) is 0 Å². The highest BCUT2D eigenvalue weighted by molar-refractivity contribution is 8.03. The van der Waals surface area contributed by atoms with Crippen LogP contribution in [0.15, 0.2) is 11.6 Å². The van der Waals surface area contributed by atoms with Crippen molar-refractivity contribution in [2.24, 2.45) is 5.73 Å². The molecular formula is C9H18N4S. The summed E-state index contributed by atoms with van der Waals surface area (Å²) in [7, 11) is 0. The van der Waals surface area contributed by atoms with Gasteiger partial charge in [-0.3, -0.25) is 10.6 Å². The smallest absolute Gasteiger partial charge is 0.153 e. The van der Waals surface area contributed by atoms with E-state index in [9.17, 15) is 0 Å². The molecule has 2 rings (SSSR count). The number of nitrogens with one attached hydrogen (secondary N) is 2. The number of rotatable bonds is 2. The zero-order valence-electron chi connectivity index (χ0n) is 8.49. The van der Waals surface area contributed by atoms with E-state index in [1.807, 2.05) is 11.6 Å². The molecule has 0 aromatic carbocycles. The second kappa shape index (κ2) is 4.10. The van der Waals surface area contributed by atoms with E-state index in [4.69, 9.17) is 5.73 Å². The molecule has 0 aromatic heterocycles. The monoisotopic (exact) mass is 214 g/mol. The van der Waals surface area contributed by atoms with Crippen molar-refractivity contribution in [3.05, 3.63) is 11.6 Å². The lowest BCUT2D eigenvalue weighted by atomic mass is 10.2. The number of hydrogen-bond acceptors (Lipinski definition) is 5. The third-order valence-electron chi connectivity index (χ3n) is 2.96. The summed E-state index contributed by atoms with van der Waals surface area (Å²) in [5.74, 6) is 0. The van der Waals surface area contributed by atoms with Gasteiger partial charge in [0.15, 0.2) is 4.99 Å². The van der Waals surface area contributed by atoms with Crippen molar-refractivity contribution in [3.8, 4) is 0 Å². The van der Waals surface area contributed by atoms with Crippen molar-refractivity contribution in [2.45, 2.75) is 18.0 Å². The lowest BCUT2D eigenvalue weighted by Crippen LogP contribution is -2.63. The molecule has 0 aliphatic carbocycles. The van der Waals surface area contributed by atoms with Gasteiger partial charge in [0.2, 0.25) is 0 Å². The van der Waals surface area contributed by atoms with Crippen LogP contribution < -0.4 is 16.4 Å². The fourth-order valence-corrected chi connectivity index (χ4v) is 2.75. The van der Waals surface area contributed by atoms with Gasteiger partial charge in [-0.2, -0.15) is 0 Å². The van der Waals surface area contributed by atoms with Crippen LogP contribution in [0.3, 0.4) is 0 Å². The predicted octanol–water partition coefficient (Wildman–Crippen LogP) is -0.300. The summed E-state index contributed by atoms with van der Waals surface area (Å²) < 4.78 is 0. The minimum atomic E-state index is -0.336. The molecule has 80 valence electrons. The van der Waals surface area contributed by atoms with Crippen LogP contribution in [0.5, 0.6) is 0 Å². The van der Waals surface area contributed by atoms with Gasteiger partial charge in [-0.25, -0.2) is 0 Å². The highest BCUT2D eigenvalue weighted by Crippen LogP contribution is 2.29. The molecule has 0 amide bonds. The second-order valence-electron chi connectivity index (χ2n) is 3.82. The van der Waals surface area contributed by atoms with E-state index in [-0.39, 0.29) is 4.99 Å². The topological polar surface area (TPSA) is 53.3 Å². The van der Waals surface area contributed by atoms with Crippen LogP contribution in [0, 0.1) is 0 Å². The molecule has 14 heavy (non-hydrogen) atoms. The molecule has 2 aliphatic rings. The second-order valence-corrected chi connectivity index (χ2v) is 5.00. The summed E-state index contributed by atoms with van der Waals surface area (Å²) in [5, 5.41) is 8.60. The van der Waals surface area contributed by atoms with Crippen LogP contribution in [0.25, 0.3) is 0 Å². The van der Waals surface area contributed by atoms with Crippen molar-refractivity contribution in [3.63, 3.8) is 0 Å². The molecule has 2 heterocycles. The van der Waals surface area contributed by atoms with Gasteiger partial charge < -0.3 is 10.6 Å². The Labute approximate surface area is 89.3 Å². The van der Waals surface area contributed by atoms with E-state index >= 15 is 0 Å². The van der Waals surface area contributed by atoms with Crippen molar-refractivity contribution in [2.75, 3.05) is 26.2 Å². The molecule has 2 unspecified atom stereocenters. The van der Waals surface area contributed by atoms with Crippen molar-refractivity contribution in [1.82, 2.24) is 15.5 Å². The quantitative estimate of drug-likeness (QED) is 0.589. The number of nitrogens with two attached hydrogens (primary N) is 1. The SMILES string of the molecule is CC(N1CCNCC1)C1(N)NC=CS1. The van der Waals surface area contributed by atoms with E-state index in [1.54, 1.807) is 11.8 Å². The minimum absolute atomic E-state index is 0.336. The molecule has 5 heteroatoms. The maximum absolute atomic E-state index is 6.26. The highest BCUT2D eigenvalue weighted by atomic mass is 32.2. The Hall–Kier alpha value is -0.230. The van der Waals surface area contributed by atoms with Crippen LogP contribution in [0.2, 0.25) is 0 Å². The van der Waals surface area contributed by atoms with E-state index in [2.05, 4.69) is 22.5 Å². The largest absolute Gasteiger partial charge is 0.363 e. The van der Waals surface area contributed by atoms with Crippen molar-refractivity contribution in [1.29, 1.82) is 0 Å². The molecule has 4 nitrogen and oxygen atoms in total. The van der Waals surface area contributed by atoms with Crippen LogP contribution in [-0.4, -0.2) is 42.1 Å². The number of piperazine rings is 1. The lowest BCUT2D eigenvalue weighted by Gasteiger charge is -2.41. The molecule has 0 spiro atoms. The van der Waals surface area contributed by atoms with Crippen LogP contribution in [-0.2, 0) is 0 Å². The Kier molecular flexibility index (Phi) is 3.02. The van der Waals surface area contributed by atoms with Crippen LogP contribution in [0.1, 0.15) is 6.92 Å². The van der Waals surface area contributed by atoms with Crippen LogP contribution >= 0.6 is 11.8 Å². The normalized spacial score (nSPS) is 35.6. The molecule has 2 atom stereocenters. The minimum Gasteiger partial charge on any atom is -0.363 e. The van der Waals surface area contributed by atoms with Gasteiger partial charge in [0, 0.05) is 32.4 Å². The summed E-state index contributed by atoms with van der Waals surface area (Å²) in [5.41, 5.74) is 6.26. The Morgan fingerprint density at radius 1 is 1.50 bits per heavy atom. The van der Waals surface area contributed by atoms with E-state index in [0.29, 0.717) is 6.04 Å². The molecule has 0 saturated carbocycles. The summed E-state index contributed by atoms with van der Waals surface area (Å²) in [4.78, 5) is 2.10. The summed E-state index contributed by atoms with van der Waals surface area (Å²) in [6.07, 6.45) is 1.93. The summed E-state index contributed by atoms with van der Waals surface area (Å²) >= 11 is 1.67. The van der Waals surface area contributed by atoms with Crippen molar-refractivity contribution >= 4 is 11.8 Å². The number of nitrogens with zero attached hydrogens (tertiary/aromatic N) is 1.